The number of hydrogen-bond donors (Lipinski definition) is 1. The van der Waals surface area contributed by atoms with Crippen LogP contribution in [0.3, 0.4) is 0 Å². The van der Waals surface area contributed by atoms with Gasteiger partial charge in [-0.15, -0.1) is 0 Å². The molecule has 0 aromatic carbocycles. The molecule has 6 atom stereocenters. The Hall–Kier alpha value is -0.120. The van der Waals surface area contributed by atoms with Gasteiger partial charge >= 0.3 is 0 Å². The van der Waals surface area contributed by atoms with E-state index < -0.39 is 0 Å². The van der Waals surface area contributed by atoms with Gasteiger partial charge in [0, 0.05) is 0 Å². The predicted molar refractivity (Wildman–Crippen MR) is 84.8 cm³/mol. The molecule has 20 heavy (non-hydrogen) atoms. The first-order chi connectivity index (χ1) is 9.54. The molecule has 120 valence electrons. The molecule has 1 N–H and O–H groups in total. The van der Waals surface area contributed by atoms with E-state index in [4.69, 9.17) is 9.47 Å². The van der Waals surface area contributed by atoms with Crippen LogP contribution in [0.4, 0.5) is 0 Å². The van der Waals surface area contributed by atoms with Gasteiger partial charge in [0.05, 0.1) is 6.10 Å². The summed E-state index contributed by atoms with van der Waals surface area (Å²) in [5.74, 6) is 1.93. The summed E-state index contributed by atoms with van der Waals surface area (Å²) in [5, 5.41) is 3.40. The van der Waals surface area contributed by atoms with Crippen LogP contribution in [0.5, 0.6) is 0 Å². The molecular weight excluding hydrogens is 250 g/mol. The second kappa shape index (κ2) is 9.01. The molecular formula is C17H35NO2. The highest BCUT2D eigenvalue weighted by molar-refractivity contribution is 4.85. The van der Waals surface area contributed by atoms with E-state index in [-0.39, 0.29) is 12.4 Å². The van der Waals surface area contributed by atoms with Gasteiger partial charge in [-0.3, -0.25) is 0 Å². The molecule has 0 bridgehead atoms. The first kappa shape index (κ1) is 17.9. The first-order valence-electron chi connectivity index (χ1n) is 8.56. The van der Waals surface area contributed by atoms with Crippen LogP contribution in [-0.4, -0.2) is 31.6 Å². The van der Waals surface area contributed by atoms with Crippen molar-refractivity contribution in [1.29, 1.82) is 0 Å². The average molecular weight is 285 g/mol. The number of hydrogen-bond acceptors (Lipinski definition) is 3. The lowest BCUT2D eigenvalue weighted by atomic mass is 9.89. The van der Waals surface area contributed by atoms with E-state index in [9.17, 15) is 0 Å². The van der Waals surface area contributed by atoms with Crippen LogP contribution in [0.1, 0.15) is 60.8 Å². The number of nitrogens with one attached hydrogen (secondary N) is 1. The zero-order chi connectivity index (χ0) is 15.1. The summed E-state index contributed by atoms with van der Waals surface area (Å²) < 4.78 is 11.9. The van der Waals surface area contributed by atoms with E-state index in [2.05, 4.69) is 46.9 Å². The van der Waals surface area contributed by atoms with E-state index >= 15 is 0 Å². The molecule has 1 fully saturated rings. The molecule has 1 aliphatic heterocycles. The molecule has 1 heterocycles. The van der Waals surface area contributed by atoms with Gasteiger partial charge in [-0.05, 0) is 44.2 Å². The highest BCUT2D eigenvalue weighted by atomic mass is 16.8. The standard InChI is InChI=1S/C17H35NO2/c1-7-12(4)13(5)14(6)19-17-16(20-17)15(8-2)10-11-18-9-3/h12-18H,7-11H2,1-6H3. The minimum Gasteiger partial charge on any atom is -0.347 e. The van der Waals surface area contributed by atoms with E-state index in [1.165, 1.54) is 19.3 Å². The fourth-order valence-electron chi connectivity index (χ4n) is 2.79. The Kier molecular flexibility index (Phi) is 8.08. The minimum atomic E-state index is 0.0445. The van der Waals surface area contributed by atoms with E-state index in [1.54, 1.807) is 0 Å². The van der Waals surface area contributed by atoms with Gasteiger partial charge in [0.2, 0.25) is 0 Å². The Balaban J connectivity index is 2.30. The molecule has 0 radical (unpaired) electrons. The van der Waals surface area contributed by atoms with Crippen LogP contribution in [0.15, 0.2) is 0 Å². The Bertz CT molecular complexity index is 259. The van der Waals surface area contributed by atoms with Crippen molar-refractivity contribution >= 4 is 0 Å². The average Bonchev–Trinajstić information content (AvgIpc) is 3.20. The lowest BCUT2D eigenvalue weighted by molar-refractivity contribution is -0.0388. The van der Waals surface area contributed by atoms with Crippen molar-refractivity contribution < 1.29 is 9.47 Å². The highest BCUT2D eigenvalue weighted by Gasteiger charge is 2.46. The minimum absolute atomic E-state index is 0.0445. The normalized spacial score (nSPS) is 27.9. The molecule has 0 saturated carbocycles. The molecule has 0 amide bonds. The second-order valence-corrected chi connectivity index (χ2v) is 6.37. The van der Waals surface area contributed by atoms with Gasteiger partial charge in [-0.1, -0.05) is 47.5 Å². The zero-order valence-electron chi connectivity index (χ0n) is 14.3. The fraction of sp³-hybridized carbons (Fsp3) is 1.00. The molecule has 3 nitrogen and oxygen atoms in total. The monoisotopic (exact) mass is 285 g/mol. The molecule has 3 heteroatoms. The molecule has 1 saturated heterocycles. The van der Waals surface area contributed by atoms with Gasteiger partial charge in [0.25, 0.3) is 0 Å². The first-order valence-corrected chi connectivity index (χ1v) is 8.56. The topological polar surface area (TPSA) is 33.8 Å². The number of ether oxygens (including phenoxy) is 2. The van der Waals surface area contributed by atoms with Crippen molar-refractivity contribution in [3.8, 4) is 0 Å². The Morgan fingerprint density at radius 2 is 1.80 bits per heavy atom. The van der Waals surface area contributed by atoms with Crippen LogP contribution < -0.4 is 5.32 Å². The van der Waals surface area contributed by atoms with Gasteiger partial charge < -0.3 is 14.8 Å². The lowest BCUT2D eigenvalue weighted by Crippen LogP contribution is -2.27. The molecule has 0 aliphatic carbocycles. The van der Waals surface area contributed by atoms with Crippen LogP contribution in [0.25, 0.3) is 0 Å². The van der Waals surface area contributed by atoms with Crippen LogP contribution in [-0.2, 0) is 9.47 Å². The van der Waals surface area contributed by atoms with Crippen LogP contribution in [0.2, 0.25) is 0 Å². The SMILES string of the molecule is CCNCCC(CC)C1OC1OC(C)C(C)C(C)CC. The number of rotatable bonds is 11. The van der Waals surface area contributed by atoms with Gasteiger partial charge in [-0.25, -0.2) is 0 Å². The van der Waals surface area contributed by atoms with E-state index in [0.717, 1.165) is 13.1 Å². The summed E-state index contributed by atoms with van der Waals surface area (Å²) in [4.78, 5) is 0. The largest absolute Gasteiger partial charge is 0.347 e. The third-order valence-electron chi connectivity index (χ3n) is 5.04. The summed E-state index contributed by atoms with van der Waals surface area (Å²) >= 11 is 0. The lowest BCUT2D eigenvalue weighted by Gasteiger charge is -2.25. The summed E-state index contributed by atoms with van der Waals surface area (Å²) in [5.41, 5.74) is 0. The zero-order valence-corrected chi connectivity index (χ0v) is 14.3. The Morgan fingerprint density at radius 3 is 2.35 bits per heavy atom. The Morgan fingerprint density at radius 1 is 1.10 bits per heavy atom. The van der Waals surface area contributed by atoms with Crippen LogP contribution >= 0.6 is 0 Å². The molecule has 1 aliphatic rings. The van der Waals surface area contributed by atoms with Crippen molar-refractivity contribution in [3.05, 3.63) is 0 Å². The summed E-state index contributed by atoms with van der Waals surface area (Å²) in [6.07, 6.45) is 4.22. The maximum atomic E-state index is 6.11. The van der Waals surface area contributed by atoms with Gasteiger partial charge in [-0.2, -0.15) is 0 Å². The van der Waals surface area contributed by atoms with Crippen molar-refractivity contribution in [3.63, 3.8) is 0 Å². The van der Waals surface area contributed by atoms with Crippen molar-refractivity contribution in [2.75, 3.05) is 13.1 Å². The van der Waals surface area contributed by atoms with Crippen molar-refractivity contribution in [1.82, 2.24) is 5.32 Å². The van der Waals surface area contributed by atoms with E-state index in [0.29, 0.717) is 23.9 Å². The predicted octanol–water partition coefficient (Wildman–Crippen LogP) is 3.82. The van der Waals surface area contributed by atoms with E-state index in [1.807, 2.05) is 0 Å². The quantitative estimate of drug-likeness (QED) is 0.463. The third-order valence-corrected chi connectivity index (χ3v) is 5.04. The third kappa shape index (κ3) is 5.34. The molecule has 6 unspecified atom stereocenters. The maximum absolute atomic E-state index is 6.11. The second-order valence-electron chi connectivity index (χ2n) is 6.37. The van der Waals surface area contributed by atoms with Crippen molar-refractivity contribution in [2.45, 2.75) is 79.3 Å². The van der Waals surface area contributed by atoms with Crippen molar-refractivity contribution in [2.24, 2.45) is 17.8 Å². The molecule has 0 spiro atoms. The summed E-state index contributed by atoms with van der Waals surface area (Å²) in [6, 6.07) is 0. The molecule has 0 aromatic rings. The van der Waals surface area contributed by atoms with Gasteiger partial charge in [0.15, 0.2) is 6.29 Å². The molecule has 0 aromatic heterocycles. The van der Waals surface area contributed by atoms with Gasteiger partial charge in [0.1, 0.15) is 6.10 Å². The fourth-order valence-corrected chi connectivity index (χ4v) is 2.79. The maximum Gasteiger partial charge on any atom is 0.184 e. The molecule has 1 rings (SSSR count). The van der Waals surface area contributed by atoms with Crippen LogP contribution in [0, 0.1) is 17.8 Å². The summed E-state index contributed by atoms with van der Waals surface area (Å²) in [6.45, 7) is 15.6. The summed E-state index contributed by atoms with van der Waals surface area (Å²) in [7, 11) is 0. The highest BCUT2D eigenvalue weighted by Crippen LogP contribution is 2.36. The number of epoxide rings is 1. The smallest absolute Gasteiger partial charge is 0.184 e. The Labute approximate surface area is 125 Å².